The third kappa shape index (κ3) is 4.44. The predicted molar refractivity (Wildman–Crippen MR) is 121 cm³/mol. The molecule has 182 valence electrons. The van der Waals surface area contributed by atoms with Crippen molar-refractivity contribution in [2.45, 2.75) is 17.6 Å². The average Bonchev–Trinajstić information content (AvgIpc) is 3.27. The highest BCUT2D eigenvalue weighted by molar-refractivity contribution is 7.89. The minimum atomic E-state index is -4.77. The van der Waals surface area contributed by atoms with Gasteiger partial charge in [-0.15, -0.1) is 5.10 Å². The summed E-state index contributed by atoms with van der Waals surface area (Å²) in [5, 5.41) is 8.43. The van der Waals surface area contributed by atoms with Gasteiger partial charge < -0.3 is 4.90 Å². The summed E-state index contributed by atoms with van der Waals surface area (Å²) in [6, 6.07) is 13.9. The van der Waals surface area contributed by atoms with Crippen molar-refractivity contribution in [2.75, 3.05) is 31.1 Å². The van der Waals surface area contributed by atoms with E-state index in [1.165, 1.54) is 18.5 Å². The Kier molecular flexibility index (Phi) is 5.89. The maximum Gasteiger partial charge on any atom is 0.417 e. The quantitative estimate of drug-likeness (QED) is 0.413. The van der Waals surface area contributed by atoms with Crippen LogP contribution in [0.1, 0.15) is 11.1 Å². The van der Waals surface area contributed by atoms with Crippen molar-refractivity contribution < 1.29 is 21.6 Å². The van der Waals surface area contributed by atoms with Gasteiger partial charge >= 0.3 is 6.18 Å². The first-order valence-electron chi connectivity index (χ1n) is 10.7. The molecule has 0 aliphatic carbocycles. The second-order valence-corrected chi connectivity index (χ2v) is 9.89. The van der Waals surface area contributed by atoms with Crippen molar-refractivity contribution in [1.82, 2.24) is 29.3 Å². The van der Waals surface area contributed by atoms with Crippen molar-refractivity contribution in [2.24, 2.45) is 0 Å². The summed E-state index contributed by atoms with van der Waals surface area (Å²) in [7, 11) is -4.33. The number of halogens is 3. The fourth-order valence-corrected chi connectivity index (χ4v) is 5.71. The molecule has 13 heteroatoms. The number of hydrogen-bond donors (Lipinski definition) is 0. The number of anilines is 1. The summed E-state index contributed by atoms with van der Waals surface area (Å²) in [5.74, 6) is 0.502. The van der Waals surface area contributed by atoms with E-state index in [0.717, 1.165) is 22.0 Å². The zero-order valence-corrected chi connectivity index (χ0v) is 19.1. The largest absolute Gasteiger partial charge is 0.417 e. The zero-order chi connectivity index (χ0) is 24.6. The maximum absolute atomic E-state index is 13.4. The van der Waals surface area contributed by atoms with Gasteiger partial charge in [-0.05, 0) is 17.7 Å². The number of sulfonamides is 1. The average molecular weight is 504 g/mol. The summed E-state index contributed by atoms with van der Waals surface area (Å²) in [4.78, 5) is 9.73. The van der Waals surface area contributed by atoms with Crippen LogP contribution in [0.4, 0.5) is 19.0 Å². The standard InChI is InChI=1S/C22H20F3N7O2S/c23-22(24,25)17-8-4-5-9-18(17)35(33,34)31-12-10-30(11-13-31)20-19-21(27-15-26-20)32(29-28-19)14-16-6-2-1-3-7-16/h1-9,15H,10-14H2. The first-order valence-corrected chi connectivity index (χ1v) is 12.2. The molecule has 9 nitrogen and oxygen atoms in total. The number of benzene rings is 2. The van der Waals surface area contributed by atoms with Crippen LogP contribution in [0.3, 0.4) is 0 Å². The van der Waals surface area contributed by atoms with E-state index in [1.807, 2.05) is 35.2 Å². The van der Waals surface area contributed by atoms with E-state index in [0.29, 0.717) is 23.5 Å². The number of alkyl halides is 3. The van der Waals surface area contributed by atoms with Crippen LogP contribution in [0.2, 0.25) is 0 Å². The Morgan fingerprint density at radius 1 is 0.886 bits per heavy atom. The molecule has 1 aliphatic rings. The van der Waals surface area contributed by atoms with E-state index in [2.05, 4.69) is 20.3 Å². The second-order valence-electron chi connectivity index (χ2n) is 7.99. The normalized spacial score (nSPS) is 15.6. The molecular formula is C22H20F3N7O2S. The van der Waals surface area contributed by atoms with E-state index >= 15 is 0 Å². The molecule has 0 saturated carbocycles. The summed E-state index contributed by atoms with van der Waals surface area (Å²) < 4.78 is 69.0. The molecule has 4 aromatic rings. The molecule has 2 aromatic heterocycles. The Balaban J connectivity index is 1.36. The smallest absolute Gasteiger partial charge is 0.352 e. The lowest BCUT2D eigenvalue weighted by atomic mass is 10.2. The molecule has 0 radical (unpaired) electrons. The van der Waals surface area contributed by atoms with E-state index in [4.69, 9.17) is 0 Å². The van der Waals surface area contributed by atoms with Crippen LogP contribution < -0.4 is 4.90 Å². The molecule has 0 spiro atoms. The Hall–Kier alpha value is -3.58. The lowest BCUT2D eigenvalue weighted by molar-refractivity contribution is -0.139. The molecular weight excluding hydrogens is 483 g/mol. The van der Waals surface area contributed by atoms with Gasteiger partial charge in [-0.2, -0.15) is 17.5 Å². The van der Waals surface area contributed by atoms with Crippen molar-refractivity contribution in [3.63, 3.8) is 0 Å². The molecule has 1 fully saturated rings. The van der Waals surface area contributed by atoms with Gasteiger partial charge in [0.2, 0.25) is 10.0 Å². The van der Waals surface area contributed by atoms with Crippen molar-refractivity contribution >= 4 is 27.0 Å². The van der Waals surface area contributed by atoms with Gasteiger partial charge in [-0.25, -0.2) is 23.1 Å². The summed E-state index contributed by atoms with van der Waals surface area (Å²) in [6.07, 6.45) is -3.38. The Labute approximate surface area is 198 Å². The van der Waals surface area contributed by atoms with Crippen LogP contribution in [0.25, 0.3) is 11.2 Å². The fraction of sp³-hybridized carbons (Fsp3) is 0.273. The Bertz CT molecular complexity index is 1450. The summed E-state index contributed by atoms with van der Waals surface area (Å²) in [5.41, 5.74) is 0.863. The first kappa shape index (κ1) is 23.2. The fourth-order valence-electron chi connectivity index (χ4n) is 4.08. The number of nitrogens with zero attached hydrogens (tertiary/aromatic N) is 7. The number of aromatic nitrogens is 5. The van der Waals surface area contributed by atoms with Gasteiger partial charge in [0.25, 0.3) is 0 Å². The van der Waals surface area contributed by atoms with Crippen LogP contribution in [0.5, 0.6) is 0 Å². The second kappa shape index (κ2) is 8.89. The van der Waals surface area contributed by atoms with Gasteiger partial charge in [0, 0.05) is 26.2 Å². The molecule has 0 amide bonds. The SMILES string of the molecule is O=S(=O)(c1ccccc1C(F)(F)F)N1CCN(c2ncnc3c2nnn3Cc2ccccc2)CC1. The maximum atomic E-state index is 13.4. The zero-order valence-electron chi connectivity index (χ0n) is 18.3. The molecule has 0 N–H and O–H groups in total. The van der Waals surface area contributed by atoms with Gasteiger partial charge in [0.1, 0.15) is 6.33 Å². The lowest BCUT2D eigenvalue weighted by Crippen LogP contribution is -2.49. The number of piperazine rings is 1. The third-order valence-corrected chi connectivity index (χ3v) is 7.76. The monoisotopic (exact) mass is 503 g/mol. The molecule has 0 bridgehead atoms. The molecule has 3 heterocycles. The van der Waals surface area contributed by atoms with Crippen LogP contribution in [-0.2, 0) is 22.7 Å². The van der Waals surface area contributed by atoms with Crippen molar-refractivity contribution in [3.05, 3.63) is 72.1 Å². The highest BCUT2D eigenvalue weighted by atomic mass is 32.2. The number of rotatable bonds is 5. The van der Waals surface area contributed by atoms with Crippen LogP contribution >= 0.6 is 0 Å². The number of fused-ring (bicyclic) bond motifs is 1. The van der Waals surface area contributed by atoms with Crippen LogP contribution in [0, 0.1) is 0 Å². The third-order valence-electron chi connectivity index (χ3n) is 5.80. The summed E-state index contributed by atoms with van der Waals surface area (Å²) in [6.45, 7) is 0.922. The highest BCUT2D eigenvalue weighted by Gasteiger charge is 2.39. The molecule has 5 rings (SSSR count). The van der Waals surface area contributed by atoms with Crippen molar-refractivity contribution in [1.29, 1.82) is 0 Å². The van der Waals surface area contributed by atoms with E-state index in [1.54, 1.807) is 4.68 Å². The van der Waals surface area contributed by atoms with E-state index < -0.39 is 26.7 Å². The van der Waals surface area contributed by atoms with Gasteiger partial charge in [-0.1, -0.05) is 47.7 Å². The van der Waals surface area contributed by atoms with Crippen LogP contribution in [-0.4, -0.2) is 63.9 Å². The molecule has 35 heavy (non-hydrogen) atoms. The Morgan fingerprint density at radius 2 is 1.57 bits per heavy atom. The molecule has 2 aromatic carbocycles. The lowest BCUT2D eigenvalue weighted by Gasteiger charge is -2.34. The Morgan fingerprint density at radius 3 is 2.29 bits per heavy atom. The predicted octanol–water partition coefficient (Wildman–Crippen LogP) is 2.80. The van der Waals surface area contributed by atoms with Crippen LogP contribution in [0.15, 0.2) is 65.8 Å². The molecule has 1 saturated heterocycles. The number of hydrogen-bond acceptors (Lipinski definition) is 7. The summed E-state index contributed by atoms with van der Waals surface area (Å²) >= 11 is 0. The molecule has 0 unspecified atom stereocenters. The van der Waals surface area contributed by atoms with Gasteiger partial charge in [0.15, 0.2) is 17.0 Å². The van der Waals surface area contributed by atoms with Gasteiger partial charge in [0.05, 0.1) is 17.0 Å². The van der Waals surface area contributed by atoms with E-state index in [-0.39, 0.29) is 26.2 Å². The van der Waals surface area contributed by atoms with E-state index in [9.17, 15) is 21.6 Å². The van der Waals surface area contributed by atoms with Gasteiger partial charge in [-0.3, -0.25) is 0 Å². The first-order chi connectivity index (χ1) is 16.7. The molecule has 0 atom stereocenters. The van der Waals surface area contributed by atoms with Crippen molar-refractivity contribution in [3.8, 4) is 0 Å². The minimum Gasteiger partial charge on any atom is -0.352 e. The highest BCUT2D eigenvalue weighted by Crippen LogP contribution is 2.35. The topological polar surface area (TPSA) is 97.1 Å². The minimum absolute atomic E-state index is 0.00181. The molecule has 1 aliphatic heterocycles.